The minimum Gasteiger partial charge on any atom is -0.289 e. The highest BCUT2D eigenvalue weighted by molar-refractivity contribution is 7.67. The van der Waals surface area contributed by atoms with Crippen molar-refractivity contribution < 1.29 is 14.2 Å². The Hall–Kier alpha value is -1.25. The maximum absolute atomic E-state index is 13.8. The van der Waals surface area contributed by atoms with Crippen molar-refractivity contribution in [3.05, 3.63) is 67.2 Å². The molecule has 1 unspecified atom stereocenters. The van der Waals surface area contributed by atoms with Gasteiger partial charge in [-0.2, -0.15) is 0 Å². The quantitative estimate of drug-likeness (QED) is 0.318. The average molecular weight is 485 g/mol. The van der Waals surface area contributed by atoms with Gasteiger partial charge in [0, 0.05) is 17.9 Å². The van der Waals surface area contributed by atoms with Gasteiger partial charge < -0.3 is 0 Å². The molecule has 30 heavy (non-hydrogen) atoms. The number of hydrogen-bond acceptors (Lipinski definition) is 3. The van der Waals surface area contributed by atoms with E-state index in [1.54, 1.807) is 0 Å². The average Bonchev–Trinajstić information content (AvgIpc) is 2.66. The molecule has 0 heterocycles. The highest BCUT2D eigenvalue weighted by Gasteiger charge is 2.60. The van der Waals surface area contributed by atoms with Gasteiger partial charge in [-0.25, -0.2) is 4.79 Å². The molecular weight excluding hydrogens is 462 g/mol. The first-order valence-corrected chi connectivity index (χ1v) is 12.3. The van der Waals surface area contributed by atoms with Gasteiger partial charge in [-0.3, -0.25) is 4.79 Å². The third-order valence-corrected chi connectivity index (χ3v) is 8.64. The van der Waals surface area contributed by atoms with Gasteiger partial charge in [-0.1, -0.05) is 63.5 Å². The van der Waals surface area contributed by atoms with E-state index >= 15 is 0 Å². The minimum atomic E-state index is -2.55. The molecule has 1 aliphatic carbocycles. The Bertz CT molecular complexity index is 1010. The summed E-state index contributed by atoms with van der Waals surface area (Å²) in [5, 5.41) is -0.775. The van der Waals surface area contributed by atoms with Gasteiger partial charge in [0.25, 0.3) is 0 Å². The van der Waals surface area contributed by atoms with Crippen LogP contribution in [0.25, 0.3) is 0 Å². The lowest BCUT2D eigenvalue weighted by atomic mass is 9.82. The standard InChI is InChI=1S/C23H23Cl3O3P/c1-13-9-14(2)19(15(3)10-13)22(28)30(29)23(7-5-4-6-8-23)21(27)20-17(25)11-16(24)12-18(20)26/h9-12H,4-8H2,1-3H3/q+1. The van der Waals surface area contributed by atoms with E-state index in [-0.39, 0.29) is 15.6 Å². The molecule has 158 valence electrons. The summed E-state index contributed by atoms with van der Waals surface area (Å²) in [6.45, 7) is 5.61. The molecule has 1 saturated carbocycles. The summed E-state index contributed by atoms with van der Waals surface area (Å²) in [6.07, 6.45) is 3.10. The van der Waals surface area contributed by atoms with Crippen LogP contribution in [0.5, 0.6) is 0 Å². The van der Waals surface area contributed by atoms with E-state index in [4.69, 9.17) is 34.8 Å². The Morgan fingerprint density at radius 2 is 1.33 bits per heavy atom. The van der Waals surface area contributed by atoms with Crippen LogP contribution in [0, 0.1) is 20.8 Å². The van der Waals surface area contributed by atoms with Gasteiger partial charge in [-0.15, -0.1) is 0 Å². The van der Waals surface area contributed by atoms with Crippen molar-refractivity contribution in [1.82, 2.24) is 0 Å². The van der Waals surface area contributed by atoms with E-state index in [1.807, 2.05) is 32.9 Å². The van der Waals surface area contributed by atoms with Crippen molar-refractivity contribution >= 4 is 53.9 Å². The topological polar surface area (TPSA) is 51.2 Å². The van der Waals surface area contributed by atoms with Gasteiger partial charge >= 0.3 is 13.3 Å². The highest BCUT2D eigenvalue weighted by atomic mass is 35.5. The third kappa shape index (κ3) is 4.23. The molecule has 3 nitrogen and oxygen atoms in total. The van der Waals surface area contributed by atoms with Crippen LogP contribution in [-0.4, -0.2) is 16.5 Å². The number of rotatable bonds is 5. The zero-order valence-electron chi connectivity index (χ0n) is 17.2. The molecule has 2 aromatic rings. The Labute approximate surface area is 192 Å². The lowest BCUT2D eigenvalue weighted by Gasteiger charge is -2.27. The Morgan fingerprint density at radius 3 is 1.83 bits per heavy atom. The summed E-state index contributed by atoms with van der Waals surface area (Å²) in [6, 6.07) is 6.68. The lowest BCUT2D eigenvalue weighted by molar-refractivity contribution is 0.0903. The summed E-state index contributed by atoms with van der Waals surface area (Å²) in [4.78, 5) is 27.2. The lowest BCUT2D eigenvalue weighted by Crippen LogP contribution is -2.39. The van der Waals surface area contributed by atoms with Crippen molar-refractivity contribution in [3.8, 4) is 0 Å². The van der Waals surface area contributed by atoms with Gasteiger partial charge in [-0.05, 0) is 56.9 Å². The number of halogens is 3. The Kier molecular flexibility index (Phi) is 7.09. The third-order valence-electron chi connectivity index (χ3n) is 5.80. The van der Waals surface area contributed by atoms with Crippen LogP contribution in [0.2, 0.25) is 15.1 Å². The molecular formula is C23H23Cl3O3P+. The fourth-order valence-corrected chi connectivity index (χ4v) is 7.42. The molecule has 0 aromatic heterocycles. The van der Waals surface area contributed by atoms with Gasteiger partial charge in [0.2, 0.25) is 10.9 Å². The van der Waals surface area contributed by atoms with Crippen LogP contribution < -0.4 is 0 Å². The van der Waals surface area contributed by atoms with Gasteiger partial charge in [0.05, 0.1) is 21.2 Å². The van der Waals surface area contributed by atoms with Crippen LogP contribution >= 0.6 is 42.6 Å². The zero-order chi connectivity index (χ0) is 22.2. The van der Waals surface area contributed by atoms with E-state index in [2.05, 4.69) is 0 Å². The molecule has 1 aliphatic rings. The number of carbonyl (C=O) groups is 2. The normalized spacial score (nSPS) is 16.3. The van der Waals surface area contributed by atoms with Crippen molar-refractivity contribution in [1.29, 1.82) is 0 Å². The molecule has 0 saturated heterocycles. The molecule has 2 aromatic carbocycles. The maximum Gasteiger partial charge on any atom is 0.434 e. The molecule has 0 bridgehead atoms. The van der Waals surface area contributed by atoms with Crippen molar-refractivity contribution in [2.24, 2.45) is 0 Å². The Morgan fingerprint density at radius 1 is 0.833 bits per heavy atom. The fourth-order valence-electron chi connectivity index (χ4n) is 4.46. The number of aryl methyl sites for hydroxylation is 3. The number of benzene rings is 2. The number of Topliss-reactive ketones (excluding diaryl/α,β-unsaturated/α-hetero) is 1. The largest absolute Gasteiger partial charge is 0.434 e. The first-order valence-electron chi connectivity index (χ1n) is 9.87. The molecule has 7 heteroatoms. The predicted octanol–water partition coefficient (Wildman–Crippen LogP) is 8.13. The molecule has 3 rings (SSSR count). The summed E-state index contributed by atoms with van der Waals surface area (Å²) >= 11 is 18.6. The van der Waals surface area contributed by atoms with Gasteiger partial charge in [0.15, 0.2) is 0 Å². The first kappa shape index (κ1) is 23.4. The van der Waals surface area contributed by atoms with Crippen molar-refractivity contribution in [2.75, 3.05) is 0 Å². The number of carbonyl (C=O) groups excluding carboxylic acids is 2. The summed E-state index contributed by atoms with van der Waals surface area (Å²) in [7, 11) is -2.55. The molecule has 1 fully saturated rings. The SMILES string of the molecule is Cc1cc(C)c(C(=O)[P+](=O)C2(C(=O)c3c(Cl)cc(Cl)cc3Cl)CCCCC2)c(C)c1. The zero-order valence-corrected chi connectivity index (χ0v) is 20.3. The van der Waals surface area contributed by atoms with Crippen molar-refractivity contribution in [2.45, 2.75) is 58.0 Å². The molecule has 0 aliphatic heterocycles. The molecule has 0 amide bonds. The fraction of sp³-hybridized carbons (Fsp3) is 0.391. The first-order chi connectivity index (χ1) is 14.1. The smallest absolute Gasteiger partial charge is 0.289 e. The molecule has 0 radical (unpaired) electrons. The molecule has 0 spiro atoms. The van der Waals surface area contributed by atoms with Crippen LogP contribution in [-0.2, 0) is 4.57 Å². The monoisotopic (exact) mass is 483 g/mol. The maximum atomic E-state index is 13.8. The van der Waals surface area contributed by atoms with Crippen LogP contribution in [0.1, 0.15) is 69.5 Å². The number of ketones is 1. The molecule has 0 N–H and O–H groups in total. The summed E-state index contributed by atoms with van der Waals surface area (Å²) in [5.74, 6) is -0.425. The van der Waals surface area contributed by atoms with E-state index in [1.165, 1.54) is 12.1 Å². The van der Waals surface area contributed by atoms with Crippen LogP contribution in [0.15, 0.2) is 24.3 Å². The van der Waals surface area contributed by atoms with E-state index in [0.29, 0.717) is 23.4 Å². The van der Waals surface area contributed by atoms with E-state index in [0.717, 1.165) is 36.0 Å². The van der Waals surface area contributed by atoms with Crippen LogP contribution in [0.4, 0.5) is 0 Å². The van der Waals surface area contributed by atoms with E-state index < -0.39 is 24.3 Å². The van der Waals surface area contributed by atoms with E-state index in [9.17, 15) is 14.2 Å². The highest BCUT2D eigenvalue weighted by Crippen LogP contribution is 2.54. The Balaban J connectivity index is 2.12. The second-order valence-corrected chi connectivity index (χ2v) is 11.1. The summed E-state index contributed by atoms with van der Waals surface area (Å²) in [5.41, 5.74) is 2.62. The van der Waals surface area contributed by atoms with Gasteiger partial charge in [0.1, 0.15) is 0 Å². The molecule has 1 atom stereocenters. The van der Waals surface area contributed by atoms with Crippen molar-refractivity contribution in [3.63, 3.8) is 0 Å². The second-order valence-electron chi connectivity index (χ2n) is 8.04. The minimum absolute atomic E-state index is 0.0955. The van der Waals surface area contributed by atoms with Crippen LogP contribution in [0.3, 0.4) is 0 Å². The second kappa shape index (κ2) is 9.09. The predicted molar refractivity (Wildman–Crippen MR) is 124 cm³/mol. The number of hydrogen-bond donors (Lipinski definition) is 0. The summed E-state index contributed by atoms with van der Waals surface area (Å²) < 4.78 is 13.8.